The maximum absolute atomic E-state index is 12.8. The Morgan fingerprint density at radius 1 is 1.12 bits per heavy atom. The Bertz CT molecular complexity index is 952. The molecule has 0 aliphatic rings. The number of carbonyl (C=O) groups excluding carboxylic acids is 2. The molecule has 34 heavy (non-hydrogen) atoms. The van der Waals surface area contributed by atoms with Crippen molar-refractivity contribution in [3.05, 3.63) is 35.7 Å². The van der Waals surface area contributed by atoms with Crippen LogP contribution < -0.4 is 5.32 Å². The van der Waals surface area contributed by atoms with Crippen LogP contribution in [0.25, 0.3) is 11.5 Å². The molecule has 188 valence electrons. The Hall–Kier alpha value is -3.11. The van der Waals surface area contributed by atoms with Gasteiger partial charge >= 0.3 is 18.2 Å². The summed E-state index contributed by atoms with van der Waals surface area (Å²) >= 11 is 0. The minimum atomic E-state index is -4.44. The number of nitrogens with zero attached hydrogens (tertiary/aromatic N) is 2. The molecule has 0 spiro atoms. The lowest BCUT2D eigenvalue weighted by Crippen LogP contribution is -2.45. The van der Waals surface area contributed by atoms with Crippen molar-refractivity contribution in [1.29, 1.82) is 0 Å². The molecule has 8 nitrogen and oxygen atoms in total. The van der Waals surface area contributed by atoms with E-state index >= 15 is 0 Å². The van der Waals surface area contributed by atoms with Crippen LogP contribution in [0.3, 0.4) is 0 Å². The molecule has 1 amide bonds. The third kappa shape index (κ3) is 7.74. The van der Waals surface area contributed by atoms with E-state index in [2.05, 4.69) is 15.5 Å². The van der Waals surface area contributed by atoms with Crippen molar-refractivity contribution in [2.75, 3.05) is 7.11 Å². The molecule has 11 heteroatoms. The molecule has 0 aliphatic heterocycles. The van der Waals surface area contributed by atoms with E-state index in [1.54, 1.807) is 0 Å². The molecule has 0 saturated carbocycles. The predicted molar refractivity (Wildman–Crippen MR) is 117 cm³/mol. The monoisotopic (exact) mass is 485 g/mol. The molecule has 1 N–H and O–H groups in total. The maximum Gasteiger partial charge on any atom is 0.416 e. The summed E-state index contributed by atoms with van der Waals surface area (Å²) in [4.78, 5) is 24.5. The number of hydrogen-bond donors (Lipinski definition) is 1. The van der Waals surface area contributed by atoms with E-state index in [1.807, 2.05) is 27.7 Å². The quantitative estimate of drug-likeness (QED) is 0.489. The second-order valence-electron chi connectivity index (χ2n) is 8.90. The van der Waals surface area contributed by atoms with Gasteiger partial charge in [0.2, 0.25) is 11.8 Å². The highest BCUT2D eigenvalue weighted by atomic mass is 19.4. The van der Waals surface area contributed by atoms with Gasteiger partial charge in [-0.2, -0.15) is 13.2 Å². The molecule has 2 atom stereocenters. The number of ether oxygens (including phenoxy) is 2. The number of carbonyl (C=O) groups is 2. The summed E-state index contributed by atoms with van der Waals surface area (Å²) in [5.74, 6) is -0.361. The Labute approximate surface area is 196 Å². The Balaban J connectivity index is 2.10. The van der Waals surface area contributed by atoms with Crippen molar-refractivity contribution in [3.8, 4) is 11.5 Å². The highest BCUT2D eigenvalue weighted by Crippen LogP contribution is 2.31. The molecule has 1 aromatic heterocycles. The van der Waals surface area contributed by atoms with Gasteiger partial charge in [-0.25, -0.2) is 9.59 Å². The largest absolute Gasteiger partial charge is 0.467 e. The normalized spacial score (nSPS) is 13.8. The van der Waals surface area contributed by atoms with Gasteiger partial charge in [0.25, 0.3) is 0 Å². The van der Waals surface area contributed by atoms with Crippen molar-refractivity contribution < 1.29 is 36.7 Å². The van der Waals surface area contributed by atoms with Crippen LogP contribution in [0.4, 0.5) is 18.0 Å². The number of alkyl halides is 3. The number of rotatable bonds is 9. The third-order valence-electron chi connectivity index (χ3n) is 5.13. The molecule has 0 fully saturated rings. The van der Waals surface area contributed by atoms with Crippen LogP contribution in [-0.4, -0.2) is 41.5 Å². The van der Waals surface area contributed by atoms with Gasteiger partial charge in [0.15, 0.2) is 0 Å². The molecular formula is C23H30F3N3O5. The van der Waals surface area contributed by atoms with E-state index in [0.29, 0.717) is 12.0 Å². The van der Waals surface area contributed by atoms with E-state index < -0.39 is 41.4 Å². The van der Waals surface area contributed by atoms with Crippen LogP contribution in [0.15, 0.2) is 28.7 Å². The lowest BCUT2D eigenvalue weighted by Gasteiger charge is -2.30. The fraction of sp³-hybridized carbons (Fsp3) is 0.565. The average Bonchev–Trinajstić information content (AvgIpc) is 3.23. The van der Waals surface area contributed by atoms with Crippen LogP contribution in [-0.2, 0) is 26.9 Å². The highest BCUT2D eigenvalue weighted by molar-refractivity contribution is 5.81. The lowest BCUT2D eigenvalue weighted by atomic mass is 9.87. The first-order chi connectivity index (χ1) is 15.8. The van der Waals surface area contributed by atoms with Crippen molar-refractivity contribution in [2.24, 2.45) is 5.41 Å². The third-order valence-corrected chi connectivity index (χ3v) is 5.13. The molecule has 1 heterocycles. The summed E-state index contributed by atoms with van der Waals surface area (Å²) in [6.45, 7) is 7.53. The second kappa shape index (κ2) is 11.3. The summed E-state index contributed by atoms with van der Waals surface area (Å²) < 4.78 is 54.2. The molecule has 1 aromatic carbocycles. The molecule has 0 bridgehead atoms. The Morgan fingerprint density at radius 3 is 2.29 bits per heavy atom. The summed E-state index contributed by atoms with van der Waals surface area (Å²) in [6.07, 6.45) is -3.88. The van der Waals surface area contributed by atoms with Gasteiger partial charge in [0.05, 0.1) is 19.1 Å². The van der Waals surface area contributed by atoms with Crippen LogP contribution in [0, 0.1) is 5.41 Å². The maximum atomic E-state index is 12.8. The molecular weight excluding hydrogens is 455 g/mol. The number of aromatic nitrogens is 2. The number of amides is 1. The zero-order valence-corrected chi connectivity index (χ0v) is 19.9. The predicted octanol–water partition coefficient (Wildman–Crippen LogP) is 5.17. The molecule has 0 aliphatic carbocycles. The van der Waals surface area contributed by atoms with Gasteiger partial charge in [-0.05, 0) is 36.1 Å². The van der Waals surface area contributed by atoms with Crippen LogP contribution in [0.5, 0.6) is 0 Å². The molecule has 0 radical (unpaired) electrons. The molecule has 2 rings (SSSR count). The minimum absolute atomic E-state index is 0.0474. The fourth-order valence-corrected chi connectivity index (χ4v) is 3.04. The average molecular weight is 486 g/mol. The number of methoxy groups -OCH3 is 1. The first-order valence-electron chi connectivity index (χ1n) is 10.9. The first kappa shape index (κ1) is 27.1. The van der Waals surface area contributed by atoms with Gasteiger partial charge in [-0.15, -0.1) is 10.2 Å². The van der Waals surface area contributed by atoms with Crippen molar-refractivity contribution in [2.45, 2.75) is 71.7 Å². The van der Waals surface area contributed by atoms with E-state index in [9.17, 15) is 22.8 Å². The van der Waals surface area contributed by atoms with Crippen LogP contribution in [0.2, 0.25) is 0 Å². The number of nitrogens with one attached hydrogen (secondary N) is 1. The van der Waals surface area contributed by atoms with E-state index in [0.717, 1.165) is 25.0 Å². The lowest BCUT2D eigenvalue weighted by molar-refractivity contribution is -0.143. The smallest absolute Gasteiger partial charge is 0.416 e. The van der Waals surface area contributed by atoms with Crippen molar-refractivity contribution in [1.82, 2.24) is 15.5 Å². The number of benzene rings is 1. The molecule has 0 unspecified atom stereocenters. The summed E-state index contributed by atoms with van der Waals surface area (Å²) in [6, 6.07) is 3.53. The van der Waals surface area contributed by atoms with E-state index in [-0.39, 0.29) is 18.2 Å². The van der Waals surface area contributed by atoms with Crippen molar-refractivity contribution in [3.63, 3.8) is 0 Å². The van der Waals surface area contributed by atoms with E-state index in [4.69, 9.17) is 13.9 Å². The standard InChI is InChI=1S/C23H30F3N3O5/c1-6-7-8-16(20(30)32-5)27-21(31)33-17(22(2,3)4)13-18-28-29-19(34-18)14-9-11-15(12-10-14)23(24,25)26/h9-12,16-17H,6-8,13H2,1-5H3,(H,27,31)/t16-,17-/m0/s1. The summed E-state index contributed by atoms with van der Waals surface area (Å²) in [7, 11) is 1.25. The Kier molecular flexibility index (Phi) is 9.06. The van der Waals surface area contributed by atoms with Gasteiger partial charge in [-0.1, -0.05) is 40.5 Å². The highest BCUT2D eigenvalue weighted by Gasteiger charge is 2.33. The summed E-state index contributed by atoms with van der Waals surface area (Å²) in [5, 5.41) is 10.4. The fourth-order valence-electron chi connectivity index (χ4n) is 3.04. The molecule has 0 saturated heterocycles. The van der Waals surface area contributed by atoms with Gasteiger partial charge in [0, 0.05) is 5.56 Å². The SMILES string of the molecule is CCCC[C@H](NC(=O)O[C@@H](Cc1nnc(-c2ccc(C(F)(F)F)cc2)o1)C(C)(C)C)C(=O)OC. The first-order valence-corrected chi connectivity index (χ1v) is 10.9. The number of esters is 1. The number of alkyl carbamates (subject to hydrolysis) is 1. The number of unbranched alkanes of at least 4 members (excludes halogenated alkanes) is 1. The van der Waals surface area contributed by atoms with Crippen LogP contribution in [0.1, 0.15) is 58.4 Å². The topological polar surface area (TPSA) is 104 Å². The number of halogens is 3. The summed E-state index contributed by atoms with van der Waals surface area (Å²) in [5.41, 5.74) is -0.980. The zero-order chi connectivity index (χ0) is 25.5. The van der Waals surface area contributed by atoms with Gasteiger partial charge in [0.1, 0.15) is 12.1 Å². The second-order valence-corrected chi connectivity index (χ2v) is 8.90. The zero-order valence-electron chi connectivity index (χ0n) is 19.9. The van der Waals surface area contributed by atoms with Gasteiger partial charge < -0.3 is 19.2 Å². The minimum Gasteiger partial charge on any atom is -0.467 e. The molecule has 2 aromatic rings. The van der Waals surface area contributed by atoms with E-state index in [1.165, 1.54) is 19.2 Å². The Morgan fingerprint density at radius 2 is 1.76 bits per heavy atom. The van der Waals surface area contributed by atoms with Gasteiger partial charge in [-0.3, -0.25) is 0 Å². The number of hydrogen-bond acceptors (Lipinski definition) is 7. The van der Waals surface area contributed by atoms with Crippen LogP contribution >= 0.6 is 0 Å². The van der Waals surface area contributed by atoms with Crippen molar-refractivity contribution >= 4 is 12.1 Å².